The molecule has 0 spiro atoms. The number of piperazine rings is 1. The van der Waals surface area contributed by atoms with Crippen molar-refractivity contribution in [3.05, 3.63) is 18.2 Å². The van der Waals surface area contributed by atoms with E-state index < -0.39 is 0 Å². The summed E-state index contributed by atoms with van der Waals surface area (Å²) in [6.45, 7) is 5.65. The molecule has 28 heavy (non-hydrogen) atoms. The summed E-state index contributed by atoms with van der Waals surface area (Å²) in [6.07, 6.45) is 8.19. The molecule has 0 N–H and O–H groups in total. The maximum absolute atomic E-state index is 12.4. The molecule has 2 fully saturated rings. The maximum Gasteiger partial charge on any atom is 0.231 e. The van der Waals surface area contributed by atoms with Crippen molar-refractivity contribution >= 4 is 5.91 Å². The summed E-state index contributed by atoms with van der Waals surface area (Å²) in [4.78, 5) is 16.9. The SMILES string of the molecule is O=C(CCC1CCCC1)N1CCN(CCCOc2ccc3c(c2)OCO3)CC1. The van der Waals surface area contributed by atoms with Crippen LogP contribution in [-0.2, 0) is 4.79 Å². The largest absolute Gasteiger partial charge is 0.493 e. The number of benzene rings is 1. The van der Waals surface area contributed by atoms with Crippen molar-refractivity contribution in [2.45, 2.75) is 44.9 Å². The first kappa shape index (κ1) is 19.4. The van der Waals surface area contributed by atoms with Crippen LogP contribution in [-0.4, -0.2) is 61.8 Å². The van der Waals surface area contributed by atoms with Crippen LogP contribution >= 0.6 is 0 Å². The molecule has 0 aromatic heterocycles. The van der Waals surface area contributed by atoms with E-state index in [1.807, 2.05) is 18.2 Å². The number of ether oxygens (including phenoxy) is 3. The van der Waals surface area contributed by atoms with Crippen molar-refractivity contribution in [3.8, 4) is 17.2 Å². The molecule has 6 heteroatoms. The second-order valence-corrected chi connectivity index (χ2v) is 8.13. The van der Waals surface area contributed by atoms with Crippen LogP contribution in [0.4, 0.5) is 0 Å². The molecule has 2 aliphatic heterocycles. The van der Waals surface area contributed by atoms with Crippen LogP contribution in [0.15, 0.2) is 18.2 Å². The Kier molecular flexibility index (Phi) is 6.57. The highest BCUT2D eigenvalue weighted by Crippen LogP contribution is 2.35. The molecule has 1 aliphatic carbocycles. The van der Waals surface area contributed by atoms with Crippen LogP contribution in [0.5, 0.6) is 17.2 Å². The van der Waals surface area contributed by atoms with Gasteiger partial charge in [-0.25, -0.2) is 0 Å². The average molecular weight is 389 g/mol. The third kappa shape index (κ3) is 5.10. The summed E-state index contributed by atoms with van der Waals surface area (Å²) in [5, 5.41) is 0. The van der Waals surface area contributed by atoms with Gasteiger partial charge in [0.1, 0.15) is 5.75 Å². The molecule has 1 saturated heterocycles. The Hall–Kier alpha value is -1.95. The number of carbonyl (C=O) groups is 1. The highest BCUT2D eigenvalue weighted by Gasteiger charge is 2.22. The Bertz CT molecular complexity index is 652. The fraction of sp³-hybridized carbons (Fsp3) is 0.682. The van der Waals surface area contributed by atoms with Gasteiger partial charge < -0.3 is 19.1 Å². The highest BCUT2D eigenvalue weighted by molar-refractivity contribution is 5.76. The lowest BCUT2D eigenvalue weighted by Gasteiger charge is -2.35. The van der Waals surface area contributed by atoms with E-state index in [0.29, 0.717) is 12.5 Å². The Labute approximate surface area is 167 Å². The topological polar surface area (TPSA) is 51.2 Å². The van der Waals surface area contributed by atoms with Crippen molar-refractivity contribution in [2.24, 2.45) is 5.92 Å². The van der Waals surface area contributed by atoms with Crippen LogP contribution < -0.4 is 14.2 Å². The standard InChI is InChI=1S/C22H32N2O4/c25-22(9-6-18-4-1-2-5-18)24-13-11-23(12-14-24)10-3-15-26-19-7-8-20-21(16-19)28-17-27-20/h7-8,16,18H,1-6,9-15,17H2. The second kappa shape index (κ2) is 9.50. The van der Waals surface area contributed by atoms with Crippen molar-refractivity contribution < 1.29 is 19.0 Å². The molecule has 4 rings (SSSR count). The molecule has 154 valence electrons. The number of rotatable bonds is 8. The van der Waals surface area contributed by atoms with Crippen LogP contribution in [0, 0.1) is 5.92 Å². The van der Waals surface area contributed by atoms with Gasteiger partial charge in [-0.3, -0.25) is 9.69 Å². The lowest BCUT2D eigenvalue weighted by molar-refractivity contribution is -0.133. The van der Waals surface area contributed by atoms with Gasteiger partial charge in [-0.1, -0.05) is 25.7 Å². The number of hydrogen-bond acceptors (Lipinski definition) is 5. The number of hydrogen-bond donors (Lipinski definition) is 0. The molecule has 1 saturated carbocycles. The number of nitrogens with zero attached hydrogens (tertiary/aromatic N) is 2. The second-order valence-electron chi connectivity index (χ2n) is 8.13. The third-order valence-corrected chi connectivity index (χ3v) is 6.20. The third-order valence-electron chi connectivity index (χ3n) is 6.20. The minimum atomic E-state index is 0.286. The maximum atomic E-state index is 12.4. The quantitative estimate of drug-likeness (QED) is 0.640. The lowest BCUT2D eigenvalue weighted by atomic mass is 10.0. The molecular formula is C22H32N2O4. The van der Waals surface area contributed by atoms with E-state index in [2.05, 4.69) is 9.80 Å². The van der Waals surface area contributed by atoms with E-state index in [1.54, 1.807) is 0 Å². The number of amides is 1. The molecule has 1 aromatic carbocycles. The average Bonchev–Trinajstić information content (AvgIpc) is 3.41. The molecule has 1 aromatic rings. The minimum Gasteiger partial charge on any atom is -0.493 e. The van der Waals surface area contributed by atoms with Gasteiger partial charge in [0, 0.05) is 45.2 Å². The van der Waals surface area contributed by atoms with E-state index in [0.717, 1.165) is 75.2 Å². The summed E-state index contributed by atoms with van der Waals surface area (Å²) >= 11 is 0. The predicted molar refractivity (Wildman–Crippen MR) is 107 cm³/mol. The van der Waals surface area contributed by atoms with Crippen molar-refractivity contribution in [1.29, 1.82) is 0 Å². The summed E-state index contributed by atoms with van der Waals surface area (Å²) in [6, 6.07) is 5.70. The van der Waals surface area contributed by atoms with Gasteiger partial charge in [0.05, 0.1) is 6.61 Å². The van der Waals surface area contributed by atoms with E-state index in [9.17, 15) is 4.79 Å². The van der Waals surface area contributed by atoms with E-state index >= 15 is 0 Å². The molecule has 1 amide bonds. The molecule has 6 nitrogen and oxygen atoms in total. The first-order chi connectivity index (χ1) is 13.8. The lowest BCUT2D eigenvalue weighted by Crippen LogP contribution is -2.49. The van der Waals surface area contributed by atoms with E-state index in [1.165, 1.54) is 25.7 Å². The molecule has 0 bridgehead atoms. The van der Waals surface area contributed by atoms with Crippen molar-refractivity contribution in [3.63, 3.8) is 0 Å². The molecule has 0 atom stereocenters. The van der Waals surface area contributed by atoms with Crippen molar-refractivity contribution in [1.82, 2.24) is 9.80 Å². The zero-order valence-electron chi connectivity index (χ0n) is 16.7. The first-order valence-corrected chi connectivity index (χ1v) is 10.8. The van der Waals surface area contributed by atoms with Gasteiger partial charge in [0.15, 0.2) is 11.5 Å². The van der Waals surface area contributed by atoms with Crippen molar-refractivity contribution in [2.75, 3.05) is 46.1 Å². The number of carbonyl (C=O) groups excluding carboxylic acids is 1. The zero-order chi connectivity index (χ0) is 19.2. The smallest absolute Gasteiger partial charge is 0.231 e. The van der Waals surface area contributed by atoms with Crippen LogP contribution in [0.1, 0.15) is 44.9 Å². The molecular weight excluding hydrogens is 356 g/mol. The van der Waals surface area contributed by atoms with Crippen LogP contribution in [0.2, 0.25) is 0 Å². The van der Waals surface area contributed by atoms with Gasteiger partial charge in [-0.2, -0.15) is 0 Å². The predicted octanol–water partition coefficient (Wildman–Crippen LogP) is 3.30. The minimum absolute atomic E-state index is 0.286. The van der Waals surface area contributed by atoms with E-state index in [-0.39, 0.29) is 6.79 Å². The Morgan fingerprint density at radius 3 is 2.68 bits per heavy atom. The van der Waals surface area contributed by atoms with Gasteiger partial charge >= 0.3 is 0 Å². The molecule has 0 unspecified atom stereocenters. The first-order valence-electron chi connectivity index (χ1n) is 10.8. The van der Waals surface area contributed by atoms with Gasteiger partial charge in [0.25, 0.3) is 0 Å². The molecule has 2 heterocycles. The summed E-state index contributed by atoms with van der Waals surface area (Å²) in [7, 11) is 0. The number of fused-ring (bicyclic) bond motifs is 1. The zero-order valence-corrected chi connectivity index (χ0v) is 16.7. The fourth-order valence-corrected chi connectivity index (χ4v) is 4.45. The highest BCUT2D eigenvalue weighted by atomic mass is 16.7. The summed E-state index contributed by atoms with van der Waals surface area (Å²) < 4.78 is 16.5. The molecule has 3 aliphatic rings. The van der Waals surface area contributed by atoms with Gasteiger partial charge in [-0.05, 0) is 30.9 Å². The van der Waals surface area contributed by atoms with Gasteiger partial charge in [0.2, 0.25) is 12.7 Å². The summed E-state index contributed by atoms with van der Waals surface area (Å²) in [5.41, 5.74) is 0. The fourth-order valence-electron chi connectivity index (χ4n) is 4.45. The van der Waals surface area contributed by atoms with Crippen LogP contribution in [0.25, 0.3) is 0 Å². The Morgan fingerprint density at radius 1 is 1.07 bits per heavy atom. The Balaban J connectivity index is 1.09. The van der Waals surface area contributed by atoms with Crippen LogP contribution in [0.3, 0.4) is 0 Å². The monoisotopic (exact) mass is 388 g/mol. The summed E-state index contributed by atoms with van der Waals surface area (Å²) in [5.74, 6) is 3.52. The Morgan fingerprint density at radius 2 is 1.86 bits per heavy atom. The van der Waals surface area contributed by atoms with E-state index in [4.69, 9.17) is 14.2 Å². The van der Waals surface area contributed by atoms with Gasteiger partial charge in [-0.15, -0.1) is 0 Å². The normalized spacial score (nSPS) is 19.9. The molecule has 0 radical (unpaired) electrons.